The predicted octanol–water partition coefficient (Wildman–Crippen LogP) is 4.65. The highest BCUT2D eigenvalue weighted by Crippen LogP contribution is 2.29. The molecule has 1 fully saturated rings. The third kappa shape index (κ3) is 5.70. The van der Waals surface area contributed by atoms with Crippen LogP contribution >= 0.6 is 0 Å². The van der Waals surface area contributed by atoms with Gasteiger partial charge >= 0.3 is 0 Å². The lowest BCUT2D eigenvalue weighted by Crippen LogP contribution is -2.47. The fraction of sp³-hybridized carbons (Fsp3) is 0.241. The second kappa shape index (κ2) is 11.3. The van der Waals surface area contributed by atoms with Gasteiger partial charge < -0.3 is 9.73 Å². The minimum atomic E-state index is -0.383. The van der Waals surface area contributed by atoms with Gasteiger partial charge in [0.05, 0.1) is 12.6 Å². The lowest BCUT2D eigenvalue weighted by molar-refractivity contribution is 0.0944. The summed E-state index contributed by atoms with van der Waals surface area (Å²) in [5.74, 6) is -0.228. The molecule has 5 rings (SSSR count). The van der Waals surface area contributed by atoms with E-state index in [-0.39, 0.29) is 30.0 Å². The van der Waals surface area contributed by atoms with Gasteiger partial charge in [-0.3, -0.25) is 14.6 Å². The van der Waals surface area contributed by atoms with Gasteiger partial charge in [0, 0.05) is 38.3 Å². The number of carbonyl (C=O) groups excluding carboxylic acids is 1. The van der Waals surface area contributed by atoms with Crippen LogP contribution in [0.4, 0.5) is 4.39 Å². The third-order valence-electron chi connectivity index (χ3n) is 6.54. The number of benzene rings is 3. The second-order valence-electron chi connectivity index (χ2n) is 8.94. The maximum Gasteiger partial charge on any atom is 0.273 e. The van der Waals surface area contributed by atoms with Crippen LogP contribution in [0.15, 0.2) is 95.6 Å². The van der Waals surface area contributed by atoms with E-state index < -0.39 is 0 Å². The van der Waals surface area contributed by atoms with Gasteiger partial charge in [0.2, 0.25) is 5.89 Å². The molecule has 0 spiro atoms. The zero-order valence-electron chi connectivity index (χ0n) is 20.0. The molecule has 6 nitrogen and oxygen atoms in total. The minimum absolute atomic E-state index is 0.0969. The average molecular weight is 485 g/mol. The molecule has 2 heterocycles. The minimum Gasteiger partial charge on any atom is -0.447 e. The first-order chi connectivity index (χ1) is 17.7. The summed E-state index contributed by atoms with van der Waals surface area (Å²) < 4.78 is 19.4. The van der Waals surface area contributed by atoms with Gasteiger partial charge in [-0.1, -0.05) is 78.9 Å². The Morgan fingerprint density at radius 1 is 0.889 bits per heavy atom. The molecule has 0 aliphatic carbocycles. The van der Waals surface area contributed by atoms with Gasteiger partial charge in [-0.25, -0.2) is 9.37 Å². The first-order valence-electron chi connectivity index (χ1n) is 12.2. The van der Waals surface area contributed by atoms with E-state index in [1.807, 2.05) is 12.1 Å². The van der Waals surface area contributed by atoms with E-state index in [4.69, 9.17) is 4.42 Å². The summed E-state index contributed by atoms with van der Waals surface area (Å²) in [6, 6.07) is 27.8. The molecule has 3 aromatic carbocycles. The van der Waals surface area contributed by atoms with Crippen molar-refractivity contribution in [2.24, 2.45) is 0 Å². The normalized spacial score (nSPS) is 14.7. The maximum atomic E-state index is 13.8. The van der Waals surface area contributed by atoms with Crippen LogP contribution < -0.4 is 5.32 Å². The zero-order chi connectivity index (χ0) is 24.7. The number of halogens is 1. The molecule has 36 heavy (non-hydrogen) atoms. The number of rotatable bonds is 8. The fourth-order valence-electron chi connectivity index (χ4n) is 4.65. The van der Waals surface area contributed by atoms with E-state index in [2.05, 4.69) is 68.6 Å². The zero-order valence-corrected chi connectivity index (χ0v) is 20.0. The third-order valence-corrected chi connectivity index (χ3v) is 6.54. The molecule has 4 aromatic rings. The van der Waals surface area contributed by atoms with E-state index in [0.717, 1.165) is 26.2 Å². The summed E-state index contributed by atoms with van der Waals surface area (Å²) in [6.45, 7) is 4.19. The summed E-state index contributed by atoms with van der Waals surface area (Å²) in [7, 11) is 0. The number of carbonyl (C=O) groups is 1. The molecule has 0 saturated carbocycles. The molecule has 0 atom stereocenters. The number of hydrogen-bond acceptors (Lipinski definition) is 5. The molecule has 1 amide bonds. The molecule has 7 heteroatoms. The lowest BCUT2D eigenvalue weighted by atomic mass is 9.96. The average Bonchev–Trinajstić information content (AvgIpc) is 3.39. The molecule has 1 aliphatic rings. The van der Waals surface area contributed by atoms with Crippen molar-refractivity contribution in [3.63, 3.8) is 0 Å². The standard InChI is InChI=1S/C29H29FN4O2/c30-25-14-8-7-13-24(25)19-31-29(35)26-21-36-27(32-26)20-33-15-17-34(18-16-33)28(22-9-3-1-4-10-22)23-11-5-2-6-12-23/h1-14,21,28H,15-20H2,(H,31,35). The fourth-order valence-corrected chi connectivity index (χ4v) is 4.65. The Morgan fingerprint density at radius 3 is 2.14 bits per heavy atom. The van der Waals surface area contributed by atoms with E-state index in [9.17, 15) is 9.18 Å². The van der Waals surface area contributed by atoms with Crippen LogP contribution in [-0.2, 0) is 13.1 Å². The molecular formula is C29H29FN4O2. The van der Waals surface area contributed by atoms with Crippen LogP contribution in [0.5, 0.6) is 0 Å². The Balaban J connectivity index is 1.17. The van der Waals surface area contributed by atoms with E-state index >= 15 is 0 Å². The summed E-state index contributed by atoms with van der Waals surface area (Å²) in [5.41, 5.74) is 3.21. The molecule has 0 unspecified atom stereocenters. The van der Waals surface area contributed by atoms with Gasteiger partial charge in [-0.15, -0.1) is 0 Å². The highest BCUT2D eigenvalue weighted by Gasteiger charge is 2.27. The van der Waals surface area contributed by atoms with Crippen molar-refractivity contribution < 1.29 is 13.6 Å². The highest BCUT2D eigenvalue weighted by atomic mass is 19.1. The largest absolute Gasteiger partial charge is 0.447 e. The number of nitrogens with zero attached hydrogens (tertiary/aromatic N) is 3. The number of aromatic nitrogens is 1. The number of hydrogen-bond donors (Lipinski definition) is 1. The quantitative estimate of drug-likeness (QED) is 0.395. The first-order valence-corrected chi connectivity index (χ1v) is 12.2. The summed E-state index contributed by atoms with van der Waals surface area (Å²) in [4.78, 5) is 21.6. The molecule has 184 valence electrons. The summed E-state index contributed by atoms with van der Waals surface area (Å²) >= 11 is 0. The van der Waals surface area contributed by atoms with Crippen LogP contribution in [0.1, 0.15) is 39.1 Å². The number of oxazole rings is 1. The SMILES string of the molecule is O=C(NCc1ccccc1F)c1coc(CN2CCN(C(c3ccccc3)c3ccccc3)CC2)n1. The smallest absolute Gasteiger partial charge is 0.273 e. The van der Waals surface area contributed by atoms with Crippen molar-refractivity contribution in [2.75, 3.05) is 26.2 Å². The van der Waals surface area contributed by atoms with Gasteiger partial charge in [-0.05, 0) is 17.2 Å². The number of nitrogens with one attached hydrogen (secondary N) is 1. The van der Waals surface area contributed by atoms with E-state index in [0.29, 0.717) is 18.0 Å². The monoisotopic (exact) mass is 484 g/mol. The summed E-state index contributed by atoms with van der Waals surface area (Å²) in [5, 5.41) is 2.70. The van der Waals surface area contributed by atoms with E-state index in [1.165, 1.54) is 23.5 Å². The molecule has 1 aliphatic heterocycles. The van der Waals surface area contributed by atoms with Crippen molar-refractivity contribution in [2.45, 2.75) is 19.1 Å². The van der Waals surface area contributed by atoms with Crippen molar-refractivity contribution in [1.29, 1.82) is 0 Å². The van der Waals surface area contributed by atoms with Crippen LogP contribution in [-0.4, -0.2) is 46.9 Å². The lowest BCUT2D eigenvalue weighted by Gasteiger charge is -2.39. The molecule has 1 aromatic heterocycles. The number of piperazine rings is 1. The van der Waals surface area contributed by atoms with Gasteiger partial charge in [0.25, 0.3) is 5.91 Å². The van der Waals surface area contributed by atoms with Crippen LogP contribution in [0.2, 0.25) is 0 Å². The van der Waals surface area contributed by atoms with Gasteiger partial charge in [0.1, 0.15) is 12.1 Å². The van der Waals surface area contributed by atoms with Crippen molar-refractivity contribution in [3.05, 3.63) is 125 Å². The second-order valence-corrected chi connectivity index (χ2v) is 8.94. The van der Waals surface area contributed by atoms with Crippen molar-refractivity contribution in [3.8, 4) is 0 Å². The van der Waals surface area contributed by atoms with Crippen LogP contribution in [0.3, 0.4) is 0 Å². The van der Waals surface area contributed by atoms with E-state index in [1.54, 1.807) is 18.2 Å². The molecule has 0 radical (unpaired) electrons. The first kappa shape index (κ1) is 23.9. The topological polar surface area (TPSA) is 61.6 Å². The Kier molecular flexibility index (Phi) is 7.50. The van der Waals surface area contributed by atoms with Gasteiger partial charge in [-0.2, -0.15) is 0 Å². The maximum absolute atomic E-state index is 13.8. The molecule has 0 bridgehead atoms. The molecular weight excluding hydrogens is 455 g/mol. The summed E-state index contributed by atoms with van der Waals surface area (Å²) in [6.07, 6.45) is 1.36. The van der Waals surface area contributed by atoms with Crippen LogP contribution in [0.25, 0.3) is 0 Å². The predicted molar refractivity (Wildman–Crippen MR) is 136 cm³/mol. The Morgan fingerprint density at radius 2 is 1.50 bits per heavy atom. The molecule has 1 N–H and O–H groups in total. The number of amides is 1. The Hall–Kier alpha value is -3.81. The van der Waals surface area contributed by atoms with Crippen LogP contribution in [0, 0.1) is 5.82 Å². The van der Waals surface area contributed by atoms with Crippen molar-refractivity contribution >= 4 is 5.91 Å². The van der Waals surface area contributed by atoms with Crippen molar-refractivity contribution in [1.82, 2.24) is 20.1 Å². The highest BCUT2D eigenvalue weighted by molar-refractivity contribution is 5.91. The molecule has 1 saturated heterocycles. The Labute approximate surface area is 210 Å². The Bertz CT molecular complexity index is 1230. The van der Waals surface area contributed by atoms with Gasteiger partial charge in [0.15, 0.2) is 5.69 Å².